The first kappa shape index (κ1) is 18.7. The Morgan fingerprint density at radius 3 is 2.36 bits per heavy atom. The monoisotopic (exact) mass is 412 g/mol. The summed E-state index contributed by atoms with van der Waals surface area (Å²) in [4.78, 5) is 1.24. The lowest BCUT2D eigenvalue weighted by Crippen LogP contribution is -2.39. The van der Waals surface area contributed by atoms with Crippen molar-refractivity contribution in [3.8, 4) is 5.75 Å². The van der Waals surface area contributed by atoms with Gasteiger partial charge in [0.15, 0.2) is 0 Å². The van der Waals surface area contributed by atoms with Crippen molar-refractivity contribution in [2.24, 2.45) is 0 Å². The van der Waals surface area contributed by atoms with Gasteiger partial charge in [-0.2, -0.15) is 0 Å². The van der Waals surface area contributed by atoms with Crippen molar-refractivity contribution in [1.82, 2.24) is 9.84 Å². The van der Waals surface area contributed by atoms with E-state index in [0.717, 1.165) is 27.5 Å². The zero-order valence-corrected chi connectivity index (χ0v) is 17.1. The van der Waals surface area contributed by atoms with Gasteiger partial charge in [-0.05, 0) is 54.3 Å². The molecule has 5 nitrogen and oxygen atoms in total. The molecule has 1 N–H and O–H groups in total. The molecule has 0 amide bonds. The maximum atomic E-state index is 13.4. The molecule has 144 valence electrons. The Bertz CT molecular complexity index is 1090. The molecule has 1 unspecified atom stereocenters. The minimum absolute atomic E-state index is 0.255. The van der Waals surface area contributed by atoms with Crippen LogP contribution in [0.3, 0.4) is 0 Å². The van der Waals surface area contributed by atoms with E-state index in [-0.39, 0.29) is 4.90 Å². The Balaban J connectivity index is 1.76. The number of nitrogens with zero attached hydrogens (tertiary/aromatic N) is 1. The Hall–Kier alpha value is -2.61. The molecule has 4 rings (SSSR count). The van der Waals surface area contributed by atoms with Crippen LogP contribution in [0.25, 0.3) is 5.70 Å². The van der Waals surface area contributed by atoms with Gasteiger partial charge >= 0.3 is 0 Å². The number of sulfonamides is 1. The molecule has 1 aliphatic heterocycles. The quantitative estimate of drug-likeness (QED) is 0.677. The molecule has 7 heteroatoms. The van der Waals surface area contributed by atoms with E-state index >= 15 is 0 Å². The molecule has 1 aliphatic rings. The molecule has 1 atom stereocenters. The van der Waals surface area contributed by atoms with Gasteiger partial charge in [0.25, 0.3) is 10.0 Å². The van der Waals surface area contributed by atoms with Gasteiger partial charge in [0.1, 0.15) is 5.75 Å². The van der Waals surface area contributed by atoms with Gasteiger partial charge in [0.05, 0.1) is 28.6 Å². The highest BCUT2D eigenvalue weighted by Crippen LogP contribution is 2.36. The molecule has 1 aromatic heterocycles. The van der Waals surface area contributed by atoms with Gasteiger partial charge in [0, 0.05) is 0 Å². The van der Waals surface area contributed by atoms with E-state index < -0.39 is 16.1 Å². The minimum Gasteiger partial charge on any atom is -0.497 e. The van der Waals surface area contributed by atoms with Gasteiger partial charge in [-0.25, -0.2) is 8.42 Å². The van der Waals surface area contributed by atoms with Crippen LogP contribution in [0.15, 0.2) is 77.0 Å². The second kappa shape index (κ2) is 7.43. The summed E-state index contributed by atoms with van der Waals surface area (Å²) >= 11 is 1.56. The molecule has 0 radical (unpaired) electrons. The van der Waals surface area contributed by atoms with E-state index in [2.05, 4.69) is 5.43 Å². The number of thiophene rings is 1. The predicted octanol–water partition coefficient (Wildman–Crippen LogP) is 4.36. The van der Waals surface area contributed by atoms with Gasteiger partial charge in [0.2, 0.25) is 0 Å². The lowest BCUT2D eigenvalue weighted by molar-refractivity contribution is 0.347. The molecule has 0 fully saturated rings. The summed E-state index contributed by atoms with van der Waals surface area (Å²) in [7, 11) is -2.14. The molecule has 0 saturated heterocycles. The van der Waals surface area contributed by atoms with E-state index in [1.807, 2.05) is 54.8 Å². The molecule has 2 heterocycles. The summed E-state index contributed by atoms with van der Waals surface area (Å²) in [6.45, 7) is 1.93. The number of ether oxygens (including phenoxy) is 1. The van der Waals surface area contributed by atoms with Gasteiger partial charge < -0.3 is 10.2 Å². The van der Waals surface area contributed by atoms with Crippen molar-refractivity contribution >= 4 is 27.1 Å². The SMILES string of the molecule is COc1ccc(C2C=C(c3cccs3)NN2S(=O)(=O)c2ccc(C)cc2)cc1. The molecular weight excluding hydrogens is 392 g/mol. The third kappa shape index (κ3) is 3.44. The van der Waals surface area contributed by atoms with Crippen molar-refractivity contribution < 1.29 is 13.2 Å². The lowest BCUT2D eigenvalue weighted by Gasteiger charge is -2.25. The summed E-state index contributed by atoms with van der Waals surface area (Å²) in [5.74, 6) is 0.727. The summed E-state index contributed by atoms with van der Waals surface area (Å²) in [5, 5.41) is 1.97. The summed E-state index contributed by atoms with van der Waals surface area (Å²) in [5.41, 5.74) is 5.76. The third-order valence-corrected chi connectivity index (χ3v) is 7.24. The smallest absolute Gasteiger partial charge is 0.260 e. The van der Waals surface area contributed by atoms with E-state index in [1.54, 1.807) is 42.7 Å². The molecule has 3 aromatic rings. The highest BCUT2D eigenvalue weighted by molar-refractivity contribution is 7.89. The zero-order valence-electron chi connectivity index (χ0n) is 15.5. The summed E-state index contributed by atoms with van der Waals surface area (Å²) < 4.78 is 33.3. The maximum Gasteiger partial charge on any atom is 0.260 e. The molecule has 0 saturated carbocycles. The lowest BCUT2D eigenvalue weighted by atomic mass is 10.1. The number of aryl methyl sites for hydroxylation is 1. The Morgan fingerprint density at radius 2 is 1.75 bits per heavy atom. The van der Waals surface area contributed by atoms with E-state index in [0.29, 0.717) is 0 Å². The van der Waals surface area contributed by atoms with Crippen LogP contribution in [0.4, 0.5) is 0 Å². The average molecular weight is 413 g/mol. The van der Waals surface area contributed by atoms with Crippen LogP contribution < -0.4 is 10.2 Å². The van der Waals surface area contributed by atoms with E-state index in [1.165, 1.54) is 4.41 Å². The summed E-state index contributed by atoms with van der Waals surface area (Å²) in [6, 6.07) is 17.8. The second-order valence-corrected chi connectivity index (χ2v) is 9.26. The molecular formula is C21H20N2O3S2. The third-order valence-electron chi connectivity index (χ3n) is 4.63. The first-order valence-corrected chi connectivity index (χ1v) is 11.1. The minimum atomic E-state index is -3.75. The van der Waals surface area contributed by atoms with Gasteiger partial charge in [-0.15, -0.1) is 15.8 Å². The first-order chi connectivity index (χ1) is 13.5. The number of nitrogens with one attached hydrogen (secondary N) is 1. The number of benzene rings is 2. The first-order valence-electron chi connectivity index (χ1n) is 8.76. The van der Waals surface area contributed by atoms with Crippen LogP contribution in [0.2, 0.25) is 0 Å². The van der Waals surface area contributed by atoms with E-state index in [4.69, 9.17) is 4.74 Å². The number of hydrogen-bond donors (Lipinski definition) is 1. The fourth-order valence-corrected chi connectivity index (χ4v) is 5.20. The number of hydrogen-bond acceptors (Lipinski definition) is 5. The van der Waals surface area contributed by atoms with Crippen LogP contribution in [-0.2, 0) is 10.0 Å². The van der Waals surface area contributed by atoms with Crippen molar-refractivity contribution in [2.75, 3.05) is 7.11 Å². The van der Waals surface area contributed by atoms with Gasteiger partial charge in [-0.3, -0.25) is 0 Å². The highest BCUT2D eigenvalue weighted by Gasteiger charge is 2.37. The Kier molecular flexibility index (Phi) is 4.97. The van der Waals surface area contributed by atoms with Gasteiger partial charge in [-0.1, -0.05) is 35.9 Å². The predicted molar refractivity (Wildman–Crippen MR) is 111 cm³/mol. The van der Waals surface area contributed by atoms with E-state index in [9.17, 15) is 8.42 Å². The van der Waals surface area contributed by atoms with Crippen molar-refractivity contribution in [3.63, 3.8) is 0 Å². The normalized spacial score (nSPS) is 17.2. The molecule has 0 aliphatic carbocycles. The molecule has 0 spiro atoms. The standard InChI is InChI=1S/C21H20N2O3S2/c1-15-5-11-18(12-6-15)28(24,25)23-20(16-7-9-17(26-2)10-8-16)14-19(22-23)21-4-3-13-27-21/h3-14,20,22H,1-2H3. The number of methoxy groups -OCH3 is 1. The molecule has 28 heavy (non-hydrogen) atoms. The largest absolute Gasteiger partial charge is 0.497 e. The van der Waals surface area contributed by atoms with Crippen LogP contribution in [0.1, 0.15) is 22.0 Å². The fourth-order valence-electron chi connectivity index (χ4n) is 3.09. The number of hydrazine groups is 1. The zero-order chi connectivity index (χ0) is 19.7. The van der Waals surface area contributed by atoms with Crippen molar-refractivity contribution in [1.29, 1.82) is 0 Å². The second-order valence-electron chi connectivity index (χ2n) is 6.50. The maximum absolute atomic E-state index is 13.4. The van der Waals surface area contributed by atoms with Crippen LogP contribution in [0.5, 0.6) is 5.75 Å². The Labute approximate surface area is 168 Å². The average Bonchev–Trinajstić information content (AvgIpc) is 3.38. The summed E-state index contributed by atoms with van der Waals surface area (Å²) in [6.07, 6.45) is 1.94. The van der Waals surface area contributed by atoms with Crippen molar-refractivity contribution in [2.45, 2.75) is 17.9 Å². The van der Waals surface area contributed by atoms with Crippen molar-refractivity contribution in [3.05, 3.63) is 88.1 Å². The molecule has 0 bridgehead atoms. The molecule has 2 aromatic carbocycles. The Morgan fingerprint density at radius 1 is 1.04 bits per heavy atom. The van der Waals surface area contributed by atoms with Crippen LogP contribution in [-0.4, -0.2) is 19.9 Å². The fraction of sp³-hybridized carbons (Fsp3) is 0.143. The topological polar surface area (TPSA) is 58.6 Å². The van der Waals surface area contributed by atoms with Crippen LogP contribution >= 0.6 is 11.3 Å². The number of rotatable bonds is 5. The highest BCUT2D eigenvalue weighted by atomic mass is 32.2. The van der Waals surface area contributed by atoms with Crippen LogP contribution in [0, 0.1) is 6.92 Å².